The fraction of sp³-hybridized carbons (Fsp3) is 0.280. The second-order valence-electron chi connectivity index (χ2n) is 8.22. The molecule has 0 aromatic carbocycles. The molecule has 1 amide bonds. The van der Waals surface area contributed by atoms with Crippen molar-refractivity contribution in [1.82, 2.24) is 24.3 Å². The summed E-state index contributed by atoms with van der Waals surface area (Å²) >= 11 is 0. The van der Waals surface area contributed by atoms with E-state index in [1.807, 2.05) is 12.1 Å². The van der Waals surface area contributed by atoms with Gasteiger partial charge in [0.25, 0.3) is 5.91 Å². The summed E-state index contributed by atoms with van der Waals surface area (Å²) < 4.78 is 44.8. The number of hydrogen-bond donors (Lipinski definition) is 1. The van der Waals surface area contributed by atoms with Gasteiger partial charge in [0.2, 0.25) is 0 Å². The third kappa shape index (κ3) is 6.23. The van der Waals surface area contributed by atoms with Gasteiger partial charge in [-0.2, -0.15) is 13.2 Å². The molecule has 3 aromatic rings. The Kier molecular flexibility index (Phi) is 7.61. The summed E-state index contributed by atoms with van der Waals surface area (Å²) in [5.41, 5.74) is 1.38. The molecule has 0 radical (unpaired) electrons. The topological polar surface area (TPSA) is 84.7 Å². The molecule has 1 fully saturated rings. The maximum absolute atomic E-state index is 13.0. The van der Waals surface area contributed by atoms with Crippen molar-refractivity contribution < 1.29 is 22.7 Å². The van der Waals surface area contributed by atoms with Gasteiger partial charge in [-0.25, -0.2) is 15.0 Å². The Bertz CT molecular complexity index is 1320. The van der Waals surface area contributed by atoms with Crippen molar-refractivity contribution in [3.05, 3.63) is 84.3 Å². The van der Waals surface area contributed by atoms with Gasteiger partial charge in [0, 0.05) is 43.8 Å². The lowest BCUT2D eigenvalue weighted by atomic mass is 10.2. The predicted molar refractivity (Wildman–Crippen MR) is 129 cm³/mol. The number of nitrogens with one attached hydrogen (secondary N) is 1. The zero-order valence-electron chi connectivity index (χ0n) is 19.6. The van der Waals surface area contributed by atoms with E-state index in [-0.39, 0.29) is 5.69 Å². The van der Waals surface area contributed by atoms with Crippen LogP contribution in [-0.2, 0) is 11.3 Å². The van der Waals surface area contributed by atoms with E-state index in [0.29, 0.717) is 42.5 Å². The molecule has 4 rings (SSSR count). The van der Waals surface area contributed by atoms with E-state index in [0.717, 1.165) is 24.9 Å². The summed E-state index contributed by atoms with van der Waals surface area (Å²) in [5, 5.41) is 2.78. The van der Waals surface area contributed by atoms with Gasteiger partial charge in [-0.1, -0.05) is 30.9 Å². The van der Waals surface area contributed by atoms with Crippen molar-refractivity contribution in [2.45, 2.75) is 19.6 Å². The smallest absolute Gasteiger partial charge is 0.379 e. The van der Waals surface area contributed by atoms with Crippen molar-refractivity contribution in [3.8, 4) is 0 Å². The monoisotopic (exact) mass is 498 g/mol. The van der Waals surface area contributed by atoms with Crippen LogP contribution < -0.4 is 5.32 Å². The van der Waals surface area contributed by atoms with Gasteiger partial charge in [-0.15, -0.1) is 0 Å². The number of carbonyl (C=O) groups excluding carboxylic acids is 1. The number of carbonyl (C=O) groups is 1. The minimum absolute atomic E-state index is 0.0953. The van der Waals surface area contributed by atoms with Crippen LogP contribution in [0.25, 0.3) is 11.2 Å². The molecule has 0 aliphatic carbocycles. The van der Waals surface area contributed by atoms with Crippen LogP contribution in [0.3, 0.4) is 0 Å². The molecule has 3 aromatic heterocycles. The van der Waals surface area contributed by atoms with Crippen LogP contribution in [0.15, 0.2) is 67.2 Å². The number of rotatable bonds is 7. The van der Waals surface area contributed by atoms with Crippen molar-refractivity contribution in [3.63, 3.8) is 0 Å². The van der Waals surface area contributed by atoms with Gasteiger partial charge in [0.1, 0.15) is 5.82 Å². The van der Waals surface area contributed by atoms with Gasteiger partial charge in [-0.05, 0) is 24.6 Å². The van der Waals surface area contributed by atoms with Crippen LogP contribution in [0.5, 0.6) is 0 Å². The van der Waals surface area contributed by atoms with Gasteiger partial charge >= 0.3 is 6.18 Å². The number of aromatic nitrogens is 4. The number of allylic oxidation sites excluding steroid dienone is 5. The van der Waals surface area contributed by atoms with Crippen LogP contribution in [-0.4, -0.2) is 62.6 Å². The number of imidazole rings is 1. The number of halogens is 3. The van der Waals surface area contributed by atoms with Crippen LogP contribution in [0.4, 0.5) is 19.0 Å². The van der Waals surface area contributed by atoms with Crippen molar-refractivity contribution in [1.29, 1.82) is 0 Å². The van der Waals surface area contributed by atoms with Gasteiger partial charge in [-0.3, -0.25) is 9.69 Å². The third-order valence-corrected chi connectivity index (χ3v) is 5.54. The summed E-state index contributed by atoms with van der Waals surface area (Å²) in [6.07, 6.45) is 3.95. The Hall–Kier alpha value is -3.83. The normalized spacial score (nSPS) is 15.5. The molecular formula is C25H25F3N6O2. The Balaban J connectivity index is 1.50. The Labute approximate surface area is 205 Å². The number of ether oxygens (including phenoxy) is 1. The third-order valence-electron chi connectivity index (χ3n) is 5.54. The Morgan fingerprint density at radius 1 is 1.25 bits per heavy atom. The fourth-order valence-corrected chi connectivity index (χ4v) is 3.56. The summed E-state index contributed by atoms with van der Waals surface area (Å²) in [7, 11) is 0. The number of fused-ring (bicyclic) bond motifs is 1. The number of nitrogens with zero attached hydrogens (tertiary/aromatic N) is 5. The lowest BCUT2D eigenvalue weighted by Gasteiger charge is -2.26. The molecule has 1 N–H and O–H groups in total. The second-order valence-corrected chi connectivity index (χ2v) is 8.22. The molecule has 1 aliphatic heterocycles. The van der Waals surface area contributed by atoms with E-state index in [9.17, 15) is 18.0 Å². The van der Waals surface area contributed by atoms with E-state index < -0.39 is 17.7 Å². The quantitative estimate of drug-likeness (QED) is 0.490. The Morgan fingerprint density at radius 3 is 2.78 bits per heavy atom. The highest BCUT2D eigenvalue weighted by molar-refractivity contribution is 6.06. The molecule has 8 nitrogen and oxygen atoms in total. The first-order chi connectivity index (χ1) is 17.2. The molecule has 0 bridgehead atoms. The summed E-state index contributed by atoms with van der Waals surface area (Å²) in [4.78, 5) is 28.4. The molecule has 0 spiro atoms. The molecule has 0 saturated carbocycles. The largest absolute Gasteiger partial charge is 0.415 e. The molecule has 11 heteroatoms. The average Bonchev–Trinajstić information content (AvgIpc) is 3.29. The average molecular weight is 499 g/mol. The van der Waals surface area contributed by atoms with E-state index in [2.05, 4.69) is 31.7 Å². The molecule has 1 saturated heterocycles. The standard InChI is InChI=1S/C25H25F3N6O2/c1-17(5-3-6-18(2)25(26,27)28)20-16-34-10-9-29-22(23(34)31-20)24(35)32-21-8-4-7-19(30-21)15-33-11-13-36-14-12-33/h3-10,16H,2,11-15H2,1H3,(H,30,32,35)/b6-3-,17-5+. The lowest BCUT2D eigenvalue weighted by Crippen LogP contribution is -2.35. The highest BCUT2D eigenvalue weighted by Gasteiger charge is 2.29. The van der Waals surface area contributed by atoms with E-state index in [1.165, 1.54) is 18.3 Å². The number of alkyl halides is 3. The highest BCUT2D eigenvalue weighted by Crippen LogP contribution is 2.25. The van der Waals surface area contributed by atoms with E-state index in [1.54, 1.807) is 29.8 Å². The first-order valence-corrected chi connectivity index (χ1v) is 11.2. The molecule has 188 valence electrons. The van der Waals surface area contributed by atoms with Crippen LogP contribution in [0, 0.1) is 0 Å². The minimum Gasteiger partial charge on any atom is -0.379 e. The predicted octanol–water partition coefficient (Wildman–Crippen LogP) is 4.29. The van der Waals surface area contributed by atoms with Crippen molar-refractivity contribution in [2.75, 3.05) is 31.6 Å². The zero-order valence-corrected chi connectivity index (χ0v) is 19.6. The number of morpholine rings is 1. The van der Waals surface area contributed by atoms with Gasteiger partial charge in [0.15, 0.2) is 11.3 Å². The lowest BCUT2D eigenvalue weighted by molar-refractivity contribution is -0.0878. The maximum Gasteiger partial charge on any atom is 0.415 e. The second kappa shape index (κ2) is 10.8. The van der Waals surface area contributed by atoms with Gasteiger partial charge < -0.3 is 14.5 Å². The summed E-state index contributed by atoms with van der Waals surface area (Å²) in [6, 6.07) is 5.43. The SMILES string of the molecule is C=C(/C=C\C=C(/C)c1cn2ccnc(C(=O)Nc3cccc(CN4CCOCC4)n3)c2n1)C(F)(F)F. The van der Waals surface area contributed by atoms with E-state index in [4.69, 9.17) is 4.74 Å². The molecule has 1 aliphatic rings. The van der Waals surface area contributed by atoms with Gasteiger partial charge in [0.05, 0.1) is 24.6 Å². The summed E-state index contributed by atoms with van der Waals surface area (Å²) in [5.74, 6) is -0.0794. The minimum atomic E-state index is -4.48. The molecular weight excluding hydrogens is 473 g/mol. The number of hydrogen-bond acceptors (Lipinski definition) is 6. The number of pyridine rings is 1. The number of anilines is 1. The van der Waals surface area contributed by atoms with Crippen molar-refractivity contribution >= 4 is 22.9 Å². The first kappa shape index (κ1) is 25.3. The maximum atomic E-state index is 13.0. The van der Waals surface area contributed by atoms with Crippen LogP contribution in [0.2, 0.25) is 0 Å². The first-order valence-electron chi connectivity index (χ1n) is 11.2. The van der Waals surface area contributed by atoms with E-state index >= 15 is 0 Å². The summed E-state index contributed by atoms with van der Waals surface area (Å²) in [6.45, 7) is 8.39. The highest BCUT2D eigenvalue weighted by atomic mass is 19.4. The Morgan fingerprint density at radius 2 is 2.03 bits per heavy atom. The van der Waals surface area contributed by atoms with Crippen molar-refractivity contribution in [2.24, 2.45) is 0 Å². The van der Waals surface area contributed by atoms with Crippen LogP contribution in [0.1, 0.15) is 28.8 Å². The molecule has 0 atom stereocenters. The zero-order chi connectivity index (χ0) is 25.7. The molecule has 0 unspecified atom stereocenters. The number of amides is 1. The molecule has 4 heterocycles. The van der Waals surface area contributed by atoms with Crippen LogP contribution >= 0.6 is 0 Å². The molecule has 36 heavy (non-hydrogen) atoms. The fourth-order valence-electron chi connectivity index (χ4n) is 3.56.